The van der Waals surface area contributed by atoms with Crippen molar-refractivity contribution < 1.29 is 28.7 Å². The lowest BCUT2D eigenvalue weighted by Gasteiger charge is -2.18. The Kier molecular flexibility index (Phi) is 7.51. The van der Waals surface area contributed by atoms with E-state index in [0.29, 0.717) is 29.5 Å². The molecule has 8 nitrogen and oxygen atoms in total. The van der Waals surface area contributed by atoms with Crippen LogP contribution in [0.1, 0.15) is 18.9 Å². The van der Waals surface area contributed by atoms with Gasteiger partial charge in [-0.05, 0) is 36.2 Å². The Labute approximate surface area is 176 Å². The van der Waals surface area contributed by atoms with E-state index in [9.17, 15) is 9.59 Å². The zero-order chi connectivity index (χ0) is 21.3. The van der Waals surface area contributed by atoms with Crippen LogP contribution in [0.15, 0.2) is 42.5 Å². The standard InChI is InChI=1S/C22H27N3O5/c1-3-10-25(14-22(27)24-17-6-4-5-7-18(17)28-2)13-21(26)23-12-16-8-9-19-20(11-16)30-15-29-19/h4-9,11H,3,10,12-15H2,1-2H3,(H,23,26)(H,24,27)/p+1. The summed E-state index contributed by atoms with van der Waals surface area (Å²) in [6.45, 7) is 3.78. The number of para-hydroxylation sites is 2. The molecule has 1 heterocycles. The second kappa shape index (κ2) is 10.5. The molecule has 0 fully saturated rings. The Balaban J connectivity index is 1.50. The lowest BCUT2D eigenvalue weighted by atomic mass is 10.2. The summed E-state index contributed by atoms with van der Waals surface area (Å²) in [4.78, 5) is 25.8. The second-order valence-electron chi connectivity index (χ2n) is 7.07. The van der Waals surface area contributed by atoms with Gasteiger partial charge in [-0.25, -0.2) is 0 Å². The highest BCUT2D eigenvalue weighted by atomic mass is 16.7. The first kappa shape index (κ1) is 21.4. The molecule has 3 N–H and O–H groups in total. The molecule has 0 radical (unpaired) electrons. The van der Waals surface area contributed by atoms with Crippen LogP contribution in [0.2, 0.25) is 0 Å². The lowest BCUT2D eigenvalue weighted by molar-refractivity contribution is -0.883. The molecule has 0 aliphatic carbocycles. The van der Waals surface area contributed by atoms with Gasteiger partial charge in [-0.2, -0.15) is 0 Å². The van der Waals surface area contributed by atoms with Crippen molar-refractivity contribution in [3.8, 4) is 17.2 Å². The smallest absolute Gasteiger partial charge is 0.279 e. The van der Waals surface area contributed by atoms with Crippen LogP contribution in [0.3, 0.4) is 0 Å². The van der Waals surface area contributed by atoms with Crippen LogP contribution in [0.4, 0.5) is 5.69 Å². The van der Waals surface area contributed by atoms with Crippen LogP contribution >= 0.6 is 0 Å². The number of ether oxygens (including phenoxy) is 3. The number of hydrogen-bond donors (Lipinski definition) is 3. The zero-order valence-electron chi connectivity index (χ0n) is 17.3. The maximum atomic E-state index is 12.5. The summed E-state index contributed by atoms with van der Waals surface area (Å²) in [6, 6.07) is 12.8. The maximum absolute atomic E-state index is 12.5. The van der Waals surface area contributed by atoms with Gasteiger partial charge in [0.15, 0.2) is 24.6 Å². The zero-order valence-corrected chi connectivity index (χ0v) is 17.3. The van der Waals surface area contributed by atoms with Crippen molar-refractivity contribution in [2.45, 2.75) is 19.9 Å². The molecule has 1 unspecified atom stereocenters. The monoisotopic (exact) mass is 414 g/mol. The number of methoxy groups -OCH3 is 1. The van der Waals surface area contributed by atoms with E-state index in [-0.39, 0.29) is 31.7 Å². The first-order valence-electron chi connectivity index (χ1n) is 10.0. The van der Waals surface area contributed by atoms with Gasteiger partial charge in [0.05, 0.1) is 19.3 Å². The molecule has 0 spiro atoms. The van der Waals surface area contributed by atoms with Crippen molar-refractivity contribution in [1.29, 1.82) is 0 Å². The molecule has 1 aliphatic rings. The van der Waals surface area contributed by atoms with Gasteiger partial charge in [0.1, 0.15) is 5.75 Å². The number of amides is 2. The maximum Gasteiger partial charge on any atom is 0.279 e. The van der Waals surface area contributed by atoms with E-state index >= 15 is 0 Å². The van der Waals surface area contributed by atoms with Crippen LogP contribution in [0.5, 0.6) is 17.2 Å². The Hall–Kier alpha value is -3.26. The molecule has 2 aromatic carbocycles. The third-order valence-electron chi connectivity index (χ3n) is 4.73. The van der Waals surface area contributed by atoms with E-state index in [1.807, 2.05) is 37.3 Å². The molecule has 3 rings (SSSR count). The Morgan fingerprint density at radius 2 is 1.83 bits per heavy atom. The van der Waals surface area contributed by atoms with Gasteiger partial charge in [0.2, 0.25) is 6.79 Å². The molecule has 1 atom stereocenters. The van der Waals surface area contributed by atoms with Crippen molar-refractivity contribution in [2.24, 2.45) is 0 Å². The summed E-state index contributed by atoms with van der Waals surface area (Å²) in [5.74, 6) is 1.73. The first-order chi connectivity index (χ1) is 14.6. The second-order valence-corrected chi connectivity index (χ2v) is 7.07. The van der Waals surface area contributed by atoms with Gasteiger partial charge in [-0.3, -0.25) is 9.59 Å². The predicted octanol–water partition coefficient (Wildman–Crippen LogP) is 0.974. The average Bonchev–Trinajstić information content (AvgIpc) is 3.20. The van der Waals surface area contributed by atoms with E-state index in [2.05, 4.69) is 10.6 Å². The van der Waals surface area contributed by atoms with Crippen molar-refractivity contribution >= 4 is 17.5 Å². The van der Waals surface area contributed by atoms with Gasteiger partial charge in [-0.15, -0.1) is 0 Å². The molecule has 0 aromatic heterocycles. The summed E-state index contributed by atoms with van der Waals surface area (Å²) in [5, 5.41) is 5.78. The average molecular weight is 414 g/mol. The third-order valence-corrected chi connectivity index (χ3v) is 4.73. The van der Waals surface area contributed by atoms with Crippen molar-refractivity contribution in [3.05, 3.63) is 48.0 Å². The molecule has 2 amide bonds. The van der Waals surface area contributed by atoms with Crippen molar-refractivity contribution in [3.63, 3.8) is 0 Å². The Morgan fingerprint density at radius 1 is 1.07 bits per heavy atom. The summed E-state index contributed by atoms with van der Waals surface area (Å²) in [6.07, 6.45) is 0.868. The molecule has 1 aliphatic heterocycles. The molecular weight excluding hydrogens is 386 g/mol. The normalized spacial score (nSPS) is 12.9. The largest absolute Gasteiger partial charge is 0.495 e. The number of carbonyl (C=O) groups excluding carboxylic acids is 2. The molecule has 160 valence electrons. The van der Waals surface area contributed by atoms with E-state index in [0.717, 1.165) is 23.4 Å². The Morgan fingerprint density at radius 3 is 2.63 bits per heavy atom. The molecule has 8 heteroatoms. The van der Waals surface area contributed by atoms with Crippen LogP contribution in [-0.4, -0.2) is 45.4 Å². The predicted molar refractivity (Wildman–Crippen MR) is 112 cm³/mol. The molecule has 2 aromatic rings. The number of rotatable bonds is 10. The van der Waals surface area contributed by atoms with Gasteiger partial charge < -0.3 is 29.7 Å². The quantitative estimate of drug-likeness (QED) is 0.539. The summed E-state index contributed by atoms with van der Waals surface area (Å²) in [5.41, 5.74) is 1.55. The topological polar surface area (TPSA) is 90.3 Å². The molecule has 0 saturated carbocycles. The van der Waals surface area contributed by atoms with Crippen LogP contribution < -0.4 is 29.7 Å². The van der Waals surface area contributed by atoms with Gasteiger partial charge in [-0.1, -0.05) is 25.1 Å². The fourth-order valence-corrected chi connectivity index (χ4v) is 3.30. The molecule has 0 bridgehead atoms. The third kappa shape index (κ3) is 5.87. The fraction of sp³-hybridized carbons (Fsp3) is 0.364. The minimum atomic E-state index is -0.161. The van der Waals surface area contributed by atoms with Crippen molar-refractivity contribution in [1.82, 2.24) is 5.32 Å². The van der Waals surface area contributed by atoms with E-state index in [1.54, 1.807) is 19.2 Å². The number of carbonyl (C=O) groups is 2. The number of hydrogen-bond acceptors (Lipinski definition) is 5. The minimum Gasteiger partial charge on any atom is -0.495 e. The number of benzene rings is 2. The summed E-state index contributed by atoms with van der Waals surface area (Å²) >= 11 is 0. The van der Waals surface area contributed by atoms with Crippen LogP contribution in [0.25, 0.3) is 0 Å². The van der Waals surface area contributed by atoms with Gasteiger partial charge in [0.25, 0.3) is 11.8 Å². The van der Waals surface area contributed by atoms with Crippen molar-refractivity contribution in [2.75, 3.05) is 38.9 Å². The summed E-state index contributed by atoms with van der Waals surface area (Å²) in [7, 11) is 1.56. The van der Waals surface area contributed by atoms with E-state index in [1.165, 1.54) is 0 Å². The SMILES string of the molecule is CCC[NH+](CC(=O)NCc1ccc2c(c1)OCO2)CC(=O)Nc1ccccc1OC. The number of nitrogens with one attached hydrogen (secondary N) is 3. The lowest BCUT2D eigenvalue weighted by Crippen LogP contribution is -3.14. The summed E-state index contributed by atoms with van der Waals surface area (Å²) < 4.78 is 15.9. The molecule has 0 saturated heterocycles. The number of anilines is 1. The Bertz CT molecular complexity index is 887. The minimum absolute atomic E-state index is 0.110. The molecule has 30 heavy (non-hydrogen) atoms. The molecular formula is C22H28N3O5+. The fourth-order valence-electron chi connectivity index (χ4n) is 3.30. The van der Waals surface area contributed by atoms with Crippen LogP contribution in [0, 0.1) is 0 Å². The first-order valence-corrected chi connectivity index (χ1v) is 10.0. The number of quaternary nitrogens is 1. The highest BCUT2D eigenvalue weighted by Gasteiger charge is 2.19. The van der Waals surface area contributed by atoms with E-state index in [4.69, 9.17) is 14.2 Å². The van der Waals surface area contributed by atoms with E-state index < -0.39 is 0 Å². The van der Waals surface area contributed by atoms with Gasteiger partial charge >= 0.3 is 0 Å². The van der Waals surface area contributed by atoms with Gasteiger partial charge in [0, 0.05) is 6.54 Å². The van der Waals surface area contributed by atoms with Crippen LogP contribution in [-0.2, 0) is 16.1 Å². The number of fused-ring (bicyclic) bond motifs is 1. The highest BCUT2D eigenvalue weighted by Crippen LogP contribution is 2.32. The highest BCUT2D eigenvalue weighted by molar-refractivity contribution is 5.93.